The van der Waals surface area contributed by atoms with Crippen LogP contribution in [0.2, 0.25) is 0 Å². The molecule has 2 N–H and O–H groups in total. The number of benzene rings is 2. The molecule has 2 heterocycles. The third kappa shape index (κ3) is 2.57. The Labute approximate surface area is 160 Å². The Morgan fingerprint density at radius 1 is 1.21 bits per heavy atom. The summed E-state index contributed by atoms with van der Waals surface area (Å²) in [6, 6.07) is 17.7. The number of nitro benzene ring substituents is 1. The van der Waals surface area contributed by atoms with Crippen LogP contribution in [-0.2, 0) is 0 Å². The van der Waals surface area contributed by atoms with E-state index in [0.29, 0.717) is 22.7 Å². The summed E-state index contributed by atoms with van der Waals surface area (Å²) in [6.07, 6.45) is 0. The molecular formula is C20H15N5O3. The number of nitrogens with zero attached hydrogens (tertiary/aromatic N) is 4. The first-order chi connectivity index (χ1) is 13.5. The van der Waals surface area contributed by atoms with Gasteiger partial charge in [0.15, 0.2) is 0 Å². The third-order valence-electron chi connectivity index (χ3n) is 4.68. The number of aryl methyl sites for hydroxylation is 1. The van der Waals surface area contributed by atoms with E-state index in [9.17, 15) is 15.4 Å². The predicted octanol–water partition coefficient (Wildman–Crippen LogP) is 3.31. The Bertz CT molecular complexity index is 1160. The van der Waals surface area contributed by atoms with Crippen molar-refractivity contribution >= 4 is 5.69 Å². The van der Waals surface area contributed by atoms with Gasteiger partial charge >= 0.3 is 0 Å². The Hall–Kier alpha value is -4.12. The molecule has 0 bridgehead atoms. The SMILES string of the molecule is Cc1nn(-c2ccccc2)c2c1C(c1ccccc1[N+](=O)[O-])C(C#N)=C(N)O2. The molecule has 8 nitrogen and oxygen atoms in total. The van der Waals surface area contributed by atoms with Crippen molar-refractivity contribution in [3.63, 3.8) is 0 Å². The van der Waals surface area contributed by atoms with E-state index in [1.165, 1.54) is 6.07 Å². The summed E-state index contributed by atoms with van der Waals surface area (Å²) < 4.78 is 7.35. The summed E-state index contributed by atoms with van der Waals surface area (Å²) >= 11 is 0. The summed E-state index contributed by atoms with van der Waals surface area (Å²) in [5, 5.41) is 25.8. The largest absolute Gasteiger partial charge is 0.422 e. The average molecular weight is 373 g/mol. The molecule has 3 aromatic rings. The van der Waals surface area contributed by atoms with E-state index < -0.39 is 10.8 Å². The maximum atomic E-state index is 11.6. The number of para-hydroxylation sites is 2. The van der Waals surface area contributed by atoms with Gasteiger partial charge in [-0.1, -0.05) is 36.4 Å². The maximum Gasteiger partial charge on any atom is 0.273 e. The number of hydrogen-bond acceptors (Lipinski definition) is 6. The Morgan fingerprint density at radius 2 is 1.89 bits per heavy atom. The fraction of sp³-hybridized carbons (Fsp3) is 0.100. The molecule has 1 aliphatic heterocycles. The highest BCUT2D eigenvalue weighted by Crippen LogP contribution is 2.46. The van der Waals surface area contributed by atoms with E-state index in [1.54, 1.807) is 29.8 Å². The Kier molecular flexibility index (Phi) is 4.05. The van der Waals surface area contributed by atoms with E-state index in [4.69, 9.17) is 10.5 Å². The molecule has 8 heteroatoms. The van der Waals surface area contributed by atoms with Gasteiger partial charge in [0.05, 0.1) is 27.8 Å². The predicted molar refractivity (Wildman–Crippen MR) is 101 cm³/mol. The molecule has 1 aliphatic rings. The van der Waals surface area contributed by atoms with Crippen molar-refractivity contribution in [1.82, 2.24) is 9.78 Å². The zero-order valence-electron chi connectivity index (χ0n) is 14.9. The normalized spacial score (nSPS) is 15.5. The number of nitriles is 1. The summed E-state index contributed by atoms with van der Waals surface area (Å²) in [7, 11) is 0. The zero-order valence-corrected chi connectivity index (χ0v) is 14.9. The first-order valence-corrected chi connectivity index (χ1v) is 8.48. The van der Waals surface area contributed by atoms with E-state index in [1.807, 2.05) is 30.3 Å². The minimum Gasteiger partial charge on any atom is -0.422 e. The minimum absolute atomic E-state index is 0.0877. The monoisotopic (exact) mass is 373 g/mol. The lowest BCUT2D eigenvalue weighted by molar-refractivity contribution is -0.385. The van der Waals surface area contributed by atoms with Gasteiger partial charge in [0.1, 0.15) is 11.6 Å². The molecule has 0 saturated heterocycles. The number of aromatic nitrogens is 2. The number of allylic oxidation sites excluding steroid dienone is 1. The van der Waals surface area contributed by atoms with Gasteiger partial charge < -0.3 is 10.5 Å². The number of nitrogens with two attached hydrogens (primary N) is 1. The van der Waals surface area contributed by atoms with Crippen LogP contribution in [-0.4, -0.2) is 14.7 Å². The van der Waals surface area contributed by atoms with Crippen molar-refractivity contribution in [2.75, 3.05) is 0 Å². The molecule has 0 spiro atoms. The molecule has 0 aliphatic carbocycles. The van der Waals surface area contributed by atoms with E-state index in [-0.39, 0.29) is 17.1 Å². The van der Waals surface area contributed by atoms with Crippen LogP contribution in [0.1, 0.15) is 22.7 Å². The summed E-state index contributed by atoms with van der Waals surface area (Å²) in [4.78, 5) is 11.1. The first kappa shape index (κ1) is 17.3. The lowest BCUT2D eigenvalue weighted by Gasteiger charge is -2.24. The van der Waals surface area contributed by atoms with E-state index >= 15 is 0 Å². The highest BCUT2D eigenvalue weighted by molar-refractivity contribution is 5.61. The molecule has 4 rings (SSSR count). The maximum absolute atomic E-state index is 11.6. The van der Waals surface area contributed by atoms with E-state index in [0.717, 1.165) is 5.69 Å². The molecule has 0 saturated carbocycles. The second kappa shape index (κ2) is 6.55. The fourth-order valence-corrected chi connectivity index (χ4v) is 3.47. The number of rotatable bonds is 3. The van der Waals surface area contributed by atoms with Gasteiger partial charge in [-0.2, -0.15) is 10.4 Å². The average Bonchev–Trinajstić information content (AvgIpc) is 3.03. The second-order valence-corrected chi connectivity index (χ2v) is 6.29. The number of fused-ring (bicyclic) bond motifs is 1. The summed E-state index contributed by atoms with van der Waals surface area (Å²) in [5.74, 6) is -0.480. The molecule has 0 amide bonds. The number of nitro groups is 1. The van der Waals surface area contributed by atoms with Gasteiger partial charge in [0.25, 0.3) is 5.69 Å². The van der Waals surface area contributed by atoms with Crippen molar-refractivity contribution in [1.29, 1.82) is 5.26 Å². The second-order valence-electron chi connectivity index (χ2n) is 6.29. The molecule has 2 aromatic carbocycles. The van der Waals surface area contributed by atoms with Gasteiger partial charge in [-0.15, -0.1) is 0 Å². The van der Waals surface area contributed by atoms with Gasteiger partial charge in [0.2, 0.25) is 11.8 Å². The van der Waals surface area contributed by atoms with Crippen LogP contribution in [0.15, 0.2) is 66.1 Å². The van der Waals surface area contributed by atoms with Crippen LogP contribution in [0.4, 0.5) is 5.69 Å². The smallest absolute Gasteiger partial charge is 0.273 e. The quantitative estimate of drug-likeness (QED) is 0.555. The van der Waals surface area contributed by atoms with Crippen molar-refractivity contribution in [3.05, 3.63) is 93.0 Å². The highest BCUT2D eigenvalue weighted by Gasteiger charge is 2.38. The van der Waals surface area contributed by atoms with Crippen LogP contribution >= 0.6 is 0 Å². The third-order valence-corrected chi connectivity index (χ3v) is 4.68. The van der Waals surface area contributed by atoms with Crippen LogP contribution in [0, 0.1) is 28.4 Å². The van der Waals surface area contributed by atoms with Crippen molar-refractivity contribution in [2.45, 2.75) is 12.8 Å². The van der Waals surface area contributed by atoms with Gasteiger partial charge in [-0.05, 0) is 19.1 Å². The lowest BCUT2D eigenvalue weighted by Crippen LogP contribution is -2.22. The minimum atomic E-state index is -0.743. The number of hydrogen-bond donors (Lipinski definition) is 1. The molecule has 28 heavy (non-hydrogen) atoms. The topological polar surface area (TPSA) is 120 Å². The standard InChI is InChI=1S/C20H15N5O3/c1-12-17-18(14-9-5-6-10-16(14)25(26)27)15(11-21)19(22)28-20(17)24(23-12)13-7-3-2-4-8-13/h2-10,18H,22H2,1H3. The number of ether oxygens (including phenoxy) is 1. The molecular weight excluding hydrogens is 358 g/mol. The summed E-state index contributed by atoms with van der Waals surface area (Å²) in [5.41, 5.74) is 8.38. The van der Waals surface area contributed by atoms with Crippen LogP contribution in [0.3, 0.4) is 0 Å². The zero-order chi connectivity index (χ0) is 19.8. The molecule has 1 atom stereocenters. The Balaban J connectivity index is 2.01. The molecule has 1 aromatic heterocycles. The molecule has 0 radical (unpaired) electrons. The lowest BCUT2D eigenvalue weighted by atomic mass is 9.83. The van der Waals surface area contributed by atoms with Crippen LogP contribution in [0.25, 0.3) is 5.69 Å². The van der Waals surface area contributed by atoms with Gasteiger partial charge in [0, 0.05) is 11.6 Å². The summed E-state index contributed by atoms with van der Waals surface area (Å²) in [6.45, 7) is 1.78. The van der Waals surface area contributed by atoms with Crippen molar-refractivity contribution < 1.29 is 9.66 Å². The van der Waals surface area contributed by atoms with Crippen LogP contribution < -0.4 is 10.5 Å². The van der Waals surface area contributed by atoms with Crippen LogP contribution in [0.5, 0.6) is 5.88 Å². The van der Waals surface area contributed by atoms with Crippen molar-refractivity contribution in [3.8, 4) is 17.6 Å². The molecule has 1 unspecified atom stereocenters. The van der Waals surface area contributed by atoms with Gasteiger partial charge in [-0.25, -0.2) is 4.68 Å². The molecule has 138 valence electrons. The van der Waals surface area contributed by atoms with Gasteiger partial charge in [-0.3, -0.25) is 10.1 Å². The fourth-order valence-electron chi connectivity index (χ4n) is 3.47. The van der Waals surface area contributed by atoms with E-state index in [2.05, 4.69) is 11.2 Å². The first-order valence-electron chi connectivity index (χ1n) is 8.48. The highest BCUT2D eigenvalue weighted by atomic mass is 16.6. The molecule has 0 fully saturated rings. The van der Waals surface area contributed by atoms with Crippen molar-refractivity contribution in [2.24, 2.45) is 5.73 Å². The Morgan fingerprint density at radius 3 is 2.57 bits per heavy atom.